The molecule has 0 heterocycles. The first kappa shape index (κ1) is 16.0. The first-order valence-corrected chi connectivity index (χ1v) is 9.48. The van der Waals surface area contributed by atoms with Gasteiger partial charge < -0.3 is 10.1 Å². The Hall–Kier alpha value is -1.51. The molecule has 130 valence electrons. The number of hydrogen-bond acceptors (Lipinski definition) is 2. The molecule has 3 heteroatoms. The van der Waals surface area contributed by atoms with Crippen molar-refractivity contribution in [3.63, 3.8) is 0 Å². The highest BCUT2D eigenvalue weighted by atomic mass is 16.5. The molecule has 1 aromatic rings. The maximum Gasteiger partial charge on any atom is 0.224 e. The van der Waals surface area contributed by atoms with Crippen LogP contribution in [0.25, 0.3) is 0 Å². The monoisotopic (exact) mass is 327 g/mol. The Balaban J connectivity index is 1.40. The first-order valence-electron chi connectivity index (χ1n) is 9.48. The van der Waals surface area contributed by atoms with Crippen molar-refractivity contribution in [3.8, 4) is 5.75 Å². The largest absolute Gasteiger partial charge is 0.497 e. The summed E-state index contributed by atoms with van der Waals surface area (Å²) in [6.07, 6.45) is 8.78. The number of amides is 1. The van der Waals surface area contributed by atoms with E-state index in [-0.39, 0.29) is 5.91 Å². The zero-order chi connectivity index (χ0) is 16.7. The summed E-state index contributed by atoms with van der Waals surface area (Å²) >= 11 is 0. The minimum absolute atomic E-state index is 0.145. The molecule has 0 aliphatic heterocycles. The van der Waals surface area contributed by atoms with Gasteiger partial charge in [-0.15, -0.1) is 0 Å². The fourth-order valence-corrected chi connectivity index (χ4v) is 6.12. The third kappa shape index (κ3) is 2.94. The molecule has 4 aliphatic rings. The summed E-state index contributed by atoms with van der Waals surface area (Å²) in [4.78, 5) is 12.6. The second kappa shape index (κ2) is 6.09. The topological polar surface area (TPSA) is 38.3 Å². The van der Waals surface area contributed by atoms with E-state index in [2.05, 4.69) is 12.2 Å². The van der Waals surface area contributed by atoms with Gasteiger partial charge >= 0.3 is 0 Å². The predicted octanol–water partition coefficient (Wildman–Crippen LogP) is 3.96. The van der Waals surface area contributed by atoms with Crippen LogP contribution in [0, 0.1) is 23.2 Å². The van der Waals surface area contributed by atoms with Crippen LogP contribution in [0.15, 0.2) is 24.3 Å². The van der Waals surface area contributed by atoms with E-state index < -0.39 is 0 Å². The highest BCUT2D eigenvalue weighted by Crippen LogP contribution is 2.61. The number of carbonyl (C=O) groups is 1. The van der Waals surface area contributed by atoms with Gasteiger partial charge in [0.25, 0.3) is 0 Å². The molecule has 24 heavy (non-hydrogen) atoms. The smallest absolute Gasteiger partial charge is 0.224 e. The molecule has 1 N–H and O–H groups in total. The number of methoxy groups -OCH3 is 1. The van der Waals surface area contributed by atoms with Gasteiger partial charge in [0.15, 0.2) is 0 Å². The van der Waals surface area contributed by atoms with E-state index in [1.165, 1.54) is 38.5 Å². The molecule has 0 aromatic heterocycles. The average molecular weight is 327 g/mol. The molecule has 0 spiro atoms. The Morgan fingerprint density at radius 1 is 1.21 bits per heavy atom. The van der Waals surface area contributed by atoms with Crippen LogP contribution in [0.4, 0.5) is 0 Å². The molecule has 4 bridgehead atoms. The van der Waals surface area contributed by atoms with Crippen molar-refractivity contribution in [2.75, 3.05) is 7.11 Å². The van der Waals surface area contributed by atoms with Crippen LogP contribution >= 0.6 is 0 Å². The third-order valence-electron chi connectivity index (χ3n) is 6.88. The molecule has 3 nitrogen and oxygen atoms in total. The van der Waals surface area contributed by atoms with Gasteiger partial charge in [0.1, 0.15) is 5.75 Å². The van der Waals surface area contributed by atoms with Crippen molar-refractivity contribution >= 4 is 5.91 Å². The lowest BCUT2D eigenvalue weighted by molar-refractivity contribution is -0.125. The average Bonchev–Trinajstić information content (AvgIpc) is 2.53. The zero-order valence-corrected chi connectivity index (χ0v) is 14.9. The maximum atomic E-state index is 12.6. The summed E-state index contributed by atoms with van der Waals surface area (Å²) in [5.74, 6) is 3.73. The van der Waals surface area contributed by atoms with Crippen LogP contribution < -0.4 is 10.1 Å². The Kier molecular flexibility index (Phi) is 4.06. The van der Waals surface area contributed by atoms with Crippen LogP contribution in [0.1, 0.15) is 51.0 Å². The molecule has 0 unspecified atom stereocenters. The lowest BCUT2D eigenvalue weighted by atomic mass is 9.48. The Morgan fingerprint density at radius 3 is 2.42 bits per heavy atom. The van der Waals surface area contributed by atoms with Crippen LogP contribution in [-0.4, -0.2) is 19.1 Å². The highest BCUT2D eigenvalue weighted by molar-refractivity contribution is 5.79. The van der Waals surface area contributed by atoms with Crippen molar-refractivity contribution in [1.29, 1.82) is 0 Å². The van der Waals surface area contributed by atoms with E-state index in [9.17, 15) is 4.79 Å². The second-order valence-electron chi connectivity index (χ2n) is 8.60. The summed E-state index contributed by atoms with van der Waals surface area (Å²) in [5, 5.41) is 3.34. The van der Waals surface area contributed by atoms with Gasteiger partial charge in [0.2, 0.25) is 5.91 Å². The number of nitrogens with one attached hydrogen (secondary N) is 1. The summed E-state index contributed by atoms with van der Waals surface area (Å²) < 4.78 is 5.25. The predicted molar refractivity (Wildman–Crippen MR) is 94.9 cm³/mol. The Morgan fingerprint density at radius 2 is 1.83 bits per heavy atom. The van der Waals surface area contributed by atoms with Gasteiger partial charge in [-0.1, -0.05) is 12.1 Å². The van der Waals surface area contributed by atoms with Crippen molar-refractivity contribution in [2.24, 2.45) is 23.2 Å². The lowest BCUT2D eigenvalue weighted by Crippen LogP contribution is -2.56. The SMILES string of the molecule is COc1cccc(CC(=O)N[C@@H](C)C23CC4CC(CC(C4)C2)C3)c1. The normalized spacial score (nSPS) is 34.8. The molecule has 1 atom stereocenters. The van der Waals surface area contributed by atoms with E-state index in [1.807, 2.05) is 24.3 Å². The Labute approximate surface area is 145 Å². The number of ether oxygens (including phenoxy) is 1. The van der Waals surface area contributed by atoms with Crippen LogP contribution in [-0.2, 0) is 11.2 Å². The van der Waals surface area contributed by atoms with Crippen molar-refractivity contribution < 1.29 is 9.53 Å². The first-order chi connectivity index (χ1) is 11.6. The zero-order valence-electron chi connectivity index (χ0n) is 14.9. The number of hydrogen-bond donors (Lipinski definition) is 1. The van der Waals surface area contributed by atoms with Crippen LogP contribution in [0.3, 0.4) is 0 Å². The minimum Gasteiger partial charge on any atom is -0.497 e. The molecule has 4 fully saturated rings. The molecule has 0 radical (unpaired) electrons. The molecule has 4 saturated carbocycles. The molecule has 5 rings (SSSR count). The summed E-state index contributed by atoms with van der Waals surface area (Å²) in [6, 6.07) is 8.11. The van der Waals surface area contributed by atoms with Gasteiger partial charge in [-0.25, -0.2) is 0 Å². The molecule has 1 aromatic carbocycles. The van der Waals surface area contributed by atoms with E-state index in [0.717, 1.165) is 29.1 Å². The third-order valence-corrected chi connectivity index (χ3v) is 6.88. The summed E-state index contributed by atoms with van der Waals surface area (Å²) in [7, 11) is 1.66. The number of rotatable bonds is 5. The van der Waals surface area contributed by atoms with Crippen molar-refractivity contribution in [3.05, 3.63) is 29.8 Å². The second-order valence-corrected chi connectivity index (χ2v) is 8.60. The van der Waals surface area contributed by atoms with Gasteiger partial charge in [-0.2, -0.15) is 0 Å². The molecule has 0 saturated heterocycles. The molecule has 4 aliphatic carbocycles. The lowest BCUT2D eigenvalue weighted by Gasteiger charge is -2.59. The van der Waals surface area contributed by atoms with Crippen molar-refractivity contribution in [2.45, 2.75) is 57.9 Å². The summed E-state index contributed by atoms with van der Waals surface area (Å²) in [6.45, 7) is 2.25. The fraction of sp³-hybridized carbons (Fsp3) is 0.667. The van der Waals surface area contributed by atoms with E-state index in [4.69, 9.17) is 4.74 Å². The number of carbonyl (C=O) groups excluding carboxylic acids is 1. The molecular formula is C21H29NO2. The molecular weight excluding hydrogens is 298 g/mol. The minimum atomic E-state index is 0.145. The van der Waals surface area contributed by atoms with Crippen LogP contribution in [0.5, 0.6) is 5.75 Å². The fourth-order valence-electron chi connectivity index (χ4n) is 6.12. The van der Waals surface area contributed by atoms with Gasteiger partial charge in [0, 0.05) is 6.04 Å². The van der Waals surface area contributed by atoms with Crippen LogP contribution in [0.2, 0.25) is 0 Å². The maximum absolute atomic E-state index is 12.6. The highest BCUT2D eigenvalue weighted by Gasteiger charge is 2.53. The van der Waals surface area contributed by atoms with E-state index in [0.29, 0.717) is 17.9 Å². The van der Waals surface area contributed by atoms with E-state index in [1.54, 1.807) is 7.11 Å². The quantitative estimate of drug-likeness (QED) is 0.889. The van der Waals surface area contributed by atoms with Crippen molar-refractivity contribution in [1.82, 2.24) is 5.32 Å². The number of benzene rings is 1. The molecule has 1 amide bonds. The van der Waals surface area contributed by atoms with Gasteiger partial charge in [-0.05, 0) is 86.3 Å². The van der Waals surface area contributed by atoms with Gasteiger partial charge in [-0.3, -0.25) is 4.79 Å². The van der Waals surface area contributed by atoms with Gasteiger partial charge in [0.05, 0.1) is 13.5 Å². The Bertz CT molecular complexity index is 589. The van der Waals surface area contributed by atoms with E-state index >= 15 is 0 Å². The summed E-state index contributed by atoms with van der Waals surface area (Å²) in [5.41, 5.74) is 1.39. The standard InChI is InChI=1S/C21H29NO2/c1-14(21-11-16-6-17(12-21)8-18(7-16)13-21)22-20(23)10-15-4-3-5-19(9-15)24-2/h3-5,9,14,16-18H,6-8,10-13H2,1-2H3,(H,22,23)/t14-,16?,17?,18?,21?/m0/s1.